The topological polar surface area (TPSA) is 41.1 Å². The average Bonchev–Trinajstić information content (AvgIpc) is 2.38. The summed E-state index contributed by atoms with van der Waals surface area (Å²) in [4.78, 5) is 11.9. The first-order valence-electron chi connectivity index (χ1n) is 6.34. The number of hydrogen-bond donors (Lipinski definition) is 2. The lowest BCUT2D eigenvalue weighted by Gasteiger charge is -2.34. The van der Waals surface area contributed by atoms with Crippen molar-refractivity contribution in [3.05, 3.63) is 35.6 Å². The average molecular weight is 287 g/mol. The minimum absolute atomic E-state index is 0. The van der Waals surface area contributed by atoms with Crippen molar-refractivity contribution < 1.29 is 9.18 Å². The van der Waals surface area contributed by atoms with Crippen LogP contribution in [0, 0.1) is 11.2 Å². The first kappa shape index (κ1) is 15.9. The van der Waals surface area contributed by atoms with Crippen LogP contribution in [-0.4, -0.2) is 25.5 Å². The molecule has 0 radical (unpaired) electrons. The van der Waals surface area contributed by atoms with Crippen LogP contribution >= 0.6 is 12.4 Å². The van der Waals surface area contributed by atoms with Gasteiger partial charge in [0.2, 0.25) is 0 Å². The highest BCUT2D eigenvalue weighted by atomic mass is 35.5. The minimum atomic E-state index is -0.467. The van der Waals surface area contributed by atoms with Crippen LogP contribution in [0.25, 0.3) is 0 Å². The van der Waals surface area contributed by atoms with Crippen LogP contribution in [0.1, 0.15) is 30.1 Å². The highest BCUT2D eigenvalue weighted by Gasteiger charge is 2.27. The largest absolute Gasteiger partial charge is 0.351 e. The lowest BCUT2D eigenvalue weighted by molar-refractivity contribution is 0.0918. The summed E-state index contributed by atoms with van der Waals surface area (Å²) in [6.45, 7) is 4.72. The fourth-order valence-corrected chi connectivity index (χ4v) is 2.24. The number of piperidine rings is 1. The lowest BCUT2D eigenvalue weighted by atomic mass is 9.81. The van der Waals surface area contributed by atoms with Crippen molar-refractivity contribution in [1.29, 1.82) is 0 Å². The third-order valence-electron chi connectivity index (χ3n) is 3.60. The summed E-state index contributed by atoms with van der Waals surface area (Å²) in [6, 6.07) is 6.07. The third kappa shape index (κ3) is 4.18. The molecule has 3 nitrogen and oxygen atoms in total. The number of amides is 1. The molecular weight excluding hydrogens is 267 g/mol. The third-order valence-corrected chi connectivity index (χ3v) is 3.60. The predicted octanol–water partition coefficient (Wildman–Crippen LogP) is 2.37. The van der Waals surface area contributed by atoms with Gasteiger partial charge in [-0.25, -0.2) is 4.39 Å². The Morgan fingerprint density at radius 2 is 2.00 bits per heavy atom. The molecule has 1 heterocycles. The molecule has 1 fully saturated rings. The number of nitrogens with one attached hydrogen (secondary N) is 2. The van der Waals surface area contributed by atoms with Gasteiger partial charge in [-0.15, -0.1) is 12.4 Å². The van der Waals surface area contributed by atoms with Gasteiger partial charge in [0.05, 0.1) is 5.56 Å². The van der Waals surface area contributed by atoms with Crippen molar-refractivity contribution in [2.75, 3.05) is 19.6 Å². The molecule has 19 heavy (non-hydrogen) atoms. The fraction of sp³-hybridized carbons (Fsp3) is 0.500. The SMILES string of the molecule is CC1(CNC(=O)c2ccccc2F)CCNCC1.Cl. The molecule has 0 spiro atoms. The van der Waals surface area contributed by atoms with E-state index in [1.165, 1.54) is 12.1 Å². The first-order valence-corrected chi connectivity index (χ1v) is 6.34. The Morgan fingerprint density at radius 3 is 2.63 bits per heavy atom. The van der Waals surface area contributed by atoms with Crippen molar-refractivity contribution in [2.45, 2.75) is 19.8 Å². The van der Waals surface area contributed by atoms with Gasteiger partial charge < -0.3 is 10.6 Å². The van der Waals surface area contributed by atoms with Gasteiger partial charge in [-0.3, -0.25) is 4.79 Å². The lowest BCUT2D eigenvalue weighted by Crippen LogP contribution is -2.43. The van der Waals surface area contributed by atoms with Crippen molar-refractivity contribution >= 4 is 18.3 Å². The van der Waals surface area contributed by atoms with Gasteiger partial charge in [0.15, 0.2) is 0 Å². The molecular formula is C14H20ClFN2O. The van der Waals surface area contributed by atoms with Crippen LogP contribution in [0.15, 0.2) is 24.3 Å². The Bertz CT molecular complexity index is 433. The van der Waals surface area contributed by atoms with Crippen LogP contribution in [0.2, 0.25) is 0 Å². The molecule has 0 bridgehead atoms. The minimum Gasteiger partial charge on any atom is -0.351 e. The maximum absolute atomic E-state index is 13.4. The normalized spacial score (nSPS) is 17.4. The second-order valence-electron chi connectivity index (χ2n) is 5.22. The summed E-state index contributed by atoms with van der Waals surface area (Å²) in [5.41, 5.74) is 0.238. The maximum atomic E-state index is 13.4. The summed E-state index contributed by atoms with van der Waals surface area (Å²) in [7, 11) is 0. The molecule has 0 atom stereocenters. The first-order chi connectivity index (χ1) is 8.61. The van der Waals surface area contributed by atoms with Gasteiger partial charge in [0.25, 0.3) is 5.91 Å². The molecule has 1 aromatic carbocycles. The second kappa shape index (κ2) is 6.87. The van der Waals surface area contributed by atoms with Crippen molar-refractivity contribution in [1.82, 2.24) is 10.6 Å². The Labute approximate surface area is 119 Å². The van der Waals surface area contributed by atoms with Crippen molar-refractivity contribution in [3.8, 4) is 0 Å². The summed E-state index contributed by atoms with van der Waals surface area (Å²) in [5.74, 6) is -0.793. The molecule has 1 amide bonds. The summed E-state index contributed by atoms with van der Waals surface area (Å²) >= 11 is 0. The molecule has 1 aromatic rings. The second-order valence-corrected chi connectivity index (χ2v) is 5.22. The summed E-state index contributed by atoms with van der Waals surface area (Å²) < 4.78 is 13.4. The van der Waals surface area contributed by atoms with E-state index in [4.69, 9.17) is 0 Å². The number of rotatable bonds is 3. The van der Waals surface area contributed by atoms with Crippen molar-refractivity contribution in [3.63, 3.8) is 0 Å². The van der Waals surface area contributed by atoms with E-state index in [0.29, 0.717) is 6.54 Å². The maximum Gasteiger partial charge on any atom is 0.254 e. The Kier molecular flexibility index (Phi) is 5.76. The van der Waals surface area contributed by atoms with Gasteiger partial charge >= 0.3 is 0 Å². The van der Waals surface area contributed by atoms with Gasteiger partial charge in [-0.2, -0.15) is 0 Å². The zero-order valence-corrected chi connectivity index (χ0v) is 11.9. The predicted molar refractivity (Wildman–Crippen MR) is 76.2 cm³/mol. The Morgan fingerprint density at radius 1 is 1.37 bits per heavy atom. The molecule has 2 rings (SSSR count). The molecule has 0 aliphatic carbocycles. The molecule has 1 saturated heterocycles. The molecule has 0 saturated carbocycles. The number of hydrogen-bond acceptors (Lipinski definition) is 2. The monoisotopic (exact) mass is 286 g/mol. The van der Waals surface area contributed by atoms with Gasteiger partial charge in [0.1, 0.15) is 5.82 Å². The highest BCUT2D eigenvalue weighted by molar-refractivity contribution is 5.94. The van der Waals surface area contributed by atoms with E-state index in [0.717, 1.165) is 25.9 Å². The van der Waals surface area contributed by atoms with E-state index in [-0.39, 0.29) is 29.3 Å². The van der Waals surface area contributed by atoms with Gasteiger partial charge in [0, 0.05) is 6.54 Å². The summed E-state index contributed by atoms with van der Waals surface area (Å²) in [5, 5.41) is 6.14. The zero-order chi connectivity index (χ0) is 13.0. The number of carbonyl (C=O) groups is 1. The summed E-state index contributed by atoms with van der Waals surface area (Å²) in [6.07, 6.45) is 2.06. The molecule has 2 N–H and O–H groups in total. The zero-order valence-electron chi connectivity index (χ0n) is 11.0. The Hall–Kier alpha value is -1.13. The van der Waals surface area contributed by atoms with Crippen LogP contribution < -0.4 is 10.6 Å². The van der Waals surface area contributed by atoms with E-state index >= 15 is 0 Å². The van der Waals surface area contributed by atoms with Gasteiger partial charge in [-0.05, 0) is 43.5 Å². The quantitative estimate of drug-likeness (QED) is 0.896. The molecule has 106 valence electrons. The van der Waals surface area contributed by atoms with E-state index in [9.17, 15) is 9.18 Å². The van der Waals surface area contributed by atoms with E-state index < -0.39 is 5.82 Å². The smallest absolute Gasteiger partial charge is 0.254 e. The fourth-order valence-electron chi connectivity index (χ4n) is 2.24. The highest BCUT2D eigenvalue weighted by Crippen LogP contribution is 2.26. The molecule has 1 aliphatic heterocycles. The Balaban J connectivity index is 0.00000180. The number of benzene rings is 1. The number of carbonyl (C=O) groups excluding carboxylic acids is 1. The number of halogens is 2. The van der Waals surface area contributed by atoms with E-state index in [2.05, 4.69) is 17.6 Å². The van der Waals surface area contributed by atoms with Crippen LogP contribution in [0.4, 0.5) is 4.39 Å². The molecule has 1 aliphatic rings. The van der Waals surface area contributed by atoms with Crippen LogP contribution in [0.5, 0.6) is 0 Å². The van der Waals surface area contributed by atoms with Crippen LogP contribution in [0.3, 0.4) is 0 Å². The molecule has 0 unspecified atom stereocenters. The van der Waals surface area contributed by atoms with E-state index in [1.54, 1.807) is 12.1 Å². The van der Waals surface area contributed by atoms with Crippen molar-refractivity contribution in [2.24, 2.45) is 5.41 Å². The standard InChI is InChI=1S/C14H19FN2O.ClH/c1-14(6-8-16-9-7-14)10-17-13(18)11-4-2-3-5-12(11)15;/h2-5,16H,6-10H2,1H3,(H,17,18);1H. The van der Waals surface area contributed by atoms with Gasteiger partial charge in [-0.1, -0.05) is 19.1 Å². The van der Waals surface area contributed by atoms with Crippen LogP contribution in [-0.2, 0) is 0 Å². The molecule has 0 aromatic heterocycles. The molecule has 5 heteroatoms. The van der Waals surface area contributed by atoms with E-state index in [1.807, 2.05) is 0 Å².